The maximum atomic E-state index is 11.7. The van der Waals surface area contributed by atoms with E-state index in [1.54, 1.807) is 12.0 Å². The second-order valence-electron chi connectivity index (χ2n) is 3.45. The first-order chi connectivity index (χ1) is 7.65. The number of esters is 1. The van der Waals surface area contributed by atoms with E-state index < -0.39 is 0 Å². The van der Waals surface area contributed by atoms with Crippen LogP contribution in [0.25, 0.3) is 0 Å². The second-order valence-corrected chi connectivity index (χ2v) is 3.45. The predicted molar refractivity (Wildman–Crippen MR) is 60.0 cm³/mol. The summed E-state index contributed by atoms with van der Waals surface area (Å²) >= 11 is 0. The van der Waals surface area contributed by atoms with Crippen LogP contribution < -0.4 is 0 Å². The van der Waals surface area contributed by atoms with Crippen LogP contribution in [0.15, 0.2) is 0 Å². The van der Waals surface area contributed by atoms with Crippen LogP contribution in [0.5, 0.6) is 0 Å². The Labute approximate surface area is 96.7 Å². The molecule has 0 aromatic carbocycles. The van der Waals surface area contributed by atoms with Crippen molar-refractivity contribution in [3.05, 3.63) is 0 Å². The Hall–Kier alpha value is -1.10. The number of nitrogens with zero attached hydrogens (tertiary/aromatic N) is 1. The van der Waals surface area contributed by atoms with Crippen LogP contribution in [-0.2, 0) is 19.1 Å². The zero-order valence-corrected chi connectivity index (χ0v) is 10.3. The molecule has 0 aliphatic rings. The fraction of sp³-hybridized carbons (Fsp3) is 0.818. The molecular formula is C11H21NO4. The standard InChI is InChI=1S/C11H21NO4/c1-4-5-10(13)12(8-9-15-2)7-6-11(14)16-3/h4-9H2,1-3H3. The first-order valence-electron chi connectivity index (χ1n) is 5.49. The van der Waals surface area contributed by atoms with Gasteiger partial charge < -0.3 is 14.4 Å². The summed E-state index contributed by atoms with van der Waals surface area (Å²) in [6.45, 7) is 3.35. The maximum absolute atomic E-state index is 11.7. The Morgan fingerprint density at radius 2 is 1.81 bits per heavy atom. The fourth-order valence-electron chi connectivity index (χ4n) is 1.26. The molecule has 1 amide bonds. The van der Waals surface area contributed by atoms with E-state index in [0.717, 1.165) is 6.42 Å². The normalized spacial score (nSPS) is 9.94. The molecule has 0 aromatic rings. The van der Waals surface area contributed by atoms with Crippen molar-refractivity contribution in [3.8, 4) is 0 Å². The van der Waals surface area contributed by atoms with Crippen molar-refractivity contribution < 1.29 is 19.1 Å². The van der Waals surface area contributed by atoms with Gasteiger partial charge in [-0.15, -0.1) is 0 Å². The van der Waals surface area contributed by atoms with Crippen LogP contribution in [0.3, 0.4) is 0 Å². The molecule has 0 spiro atoms. The number of methoxy groups -OCH3 is 2. The largest absolute Gasteiger partial charge is 0.469 e. The number of ether oxygens (including phenoxy) is 2. The van der Waals surface area contributed by atoms with Crippen molar-refractivity contribution in [3.63, 3.8) is 0 Å². The van der Waals surface area contributed by atoms with Crippen molar-refractivity contribution in [1.29, 1.82) is 0 Å². The highest BCUT2D eigenvalue weighted by atomic mass is 16.5. The van der Waals surface area contributed by atoms with Gasteiger partial charge in [-0.05, 0) is 6.42 Å². The van der Waals surface area contributed by atoms with Gasteiger partial charge in [0.1, 0.15) is 0 Å². The summed E-state index contributed by atoms with van der Waals surface area (Å²) in [5.74, 6) is -0.241. The molecule has 16 heavy (non-hydrogen) atoms. The molecule has 0 bridgehead atoms. The van der Waals surface area contributed by atoms with Gasteiger partial charge in [0.25, 0.3) is 0 Å². The fourth-order valence-corrected chi connectivity index (χ4v) is 1.26. The van der Waals surface area contributed by atoms with E-state index in [1.807, 2.05) is 6.92 Å². The van der Waals surface area contributed by atoms with Gasteiger partial charge >= 0.3 is 5.97 Å². The van der Waals surface area contributed by atoms with Crippen molar-refractivity contribution in [2.45, 2.75) is 26.2 Å². The SMILES string of the molecule is CCCC(=O)N(CCOC)CCC(=O)OC. The third kappa shape index (κ3) is 6.40. The highest BCUT2D eigenvalue weighted by Gasteiger charge is 2.13. The minimum Gasteiger partial charge on any atom is -0.469 e. The zero-order valence-electron chi connectivity index (χ0n) is 10.3. The van der Waals surface area contributed by atoms with Crippen LogP contribution in [0.2, 0.25) is 0 Å². The van der Waals surface area contributed by atoms with Crippen LogP contribution in [-0.4, -0.2) is 50.7 Å². The molecule has 0 unspecified atom stereocenters. The first-order valence-corrected chi connectivity index (χ1v) is 5.49. The van der Waals surface area contributed by atoms with Crippen molar-refractivity contribution in [2.75, 3.05) is 33.9 Å². The molecule has 0 aliphatic heterocycles. The van der Waals surface area contributed by atoms with Crippen LogP contribution >= 0.6 is 0 Å². The molecule has 5 nitrogen and oxygen atoms in total. The molecule has 0 N–H and O–H groups in total. The van der Waals surface area contributed by atoms with Crippen molar-refractivity contribution in [1.82, 2.24) is 4.90 Å². The van der Waals surface area contributed by atoms with Gasteiger partial charge in [-0.25, -0.2) is 0 Å². The number of rotatable bonds is 8. The Kier molecular flexibility index (Phi) is 8.52. The molecule has 0 heterocycles. The number of carbonyl (C=O) groups is 2. The lowest BCUT2D eigenvalue weighted by molar-refractivity contribution is -0.141. The molecule has 0 saturated heterocycles. The number of carbonyl (C=O) groups excluding carboxylic acids is 2. The van der Waals surface area contributed by atoms with E-state index in [2.05, 4.69) is 4.74 Å². The van der Waals surface area contributed by atoms with E-state index in [1.165, 1.54) is 7.11 Å². The van der Waals surface area contributed by atoms with Crippen molar-refractivity contribution >= 4 is 11.9 Å². The lowest BCUT2D eigenvalue weighted by Crippen LogP contribution is -2.35. The Balaban J connectivity index is 4.08. The van der Waals surface area contributed by atoms with E-state index in [9.17, 15) is 9.59 Å². The molecule has 0 saturated carbocycles. The first kappa shape index (κ1) is 14.9. The number of hydrogen-bond donors (Lipinski definition) is 0. The summed E-state index contributed by atoms with van der Waals surface area (Å²) in [6, 6.07) is 0. The monoisotopic (exact) mass is 231 g/mol. The Bertz CT molecular complexity index is 218. The highest BCUT2D eigenvalue weighted by molar-refractivity contribution is 5.77. The van der Waals surface area contributed by atoms with E-state index in [0.29, 0.717) is 26.1 Å². The third-order valence-electron chi connectivity index (χ3n) is 2.20. The smallest absolute Gasteiger partial charge is 0.307 e. The molecule has 5 heteroatoms. The van der Waals surface area contributed by atoms with Crippen LogP contribution in [0, 0.1) is 0 Å². The lowest BCUT2D eigenvalue weighted by Gasteiger charge is -2.21. The summed E-state index contributed by atoms with van der Waals surface area (Å²) in [5.41, 5.74) is 0. The number of amides is 1. The van der Waals surface area contributed by atoms with Gasteiger partial charge in [-0.3, -0.25) is 9.59 Å². The van der Waals surface area contributed by atoms with Gasteiger partial charge in [0.05, 0.1) is 20.1 Å². The van der Waals surface area contributed by atoms with Crippen LogP contribution in [0.1, 0.15) is 26.2 Å². The molecule has 0 radical (unpaired) electrons. The summed E-state index contributed by atoms with van der Waals surface area (Å²) in [6.07, 6.45) is 1.54. The van der Waals surface area contributed by atoms with Crippen molar-refractivity contribution in [2.24, 2.45) is 0 Å². The summed E-state index contributed by atoms with van der Waals surface area (Å²) in [4.78, 5) is 24.3. The minimum atomic E-state index is -0.299. The second kappa shape index (κ2) is 9.15. The third-order valence-corrected chi connectivity index (χ3v) is 2.20. The topological polar surface area (TPSA) is 55.8 Å². The van der Waals surface area contributed by atoms with E-state index >= 15 is 0 Å². The van der Waals surface area contributed by atoms with Gasteiger partial charge in [0.2, 0.25) is 5.91 Å². The average molecular weight is 231 g/mol. The maximum Gasteiger partial charge on any atom is 0.307 e. The quantitative estimate of drug-likeness (QED) is 0.580. The van der Waals surface area contributed by atoms with Gasteiger partial charge in [0.15, 0.2) is 0 Å². The predicted octanol–water partition coefficient (Wildman–Crippen LogP) is 0.825. The Morgan fingerprint density at radius 1 is 1.12 bits per heavy atom. The van der Waals surface area contributed by atoms with E-state index in [4.69, 9.17) is 4.74 Å². The van der Waals surface area contributed by atoms with E-state index in [-0.39, 0.29) is 18.3 Å². The molecular weight excluding hydrogens is 210 g/mol. The lowest BCUT2D eigenvalue weighted by atomic mass is 10.2. The average Bonchev–Trinajstić information content (AvgIpc) is 2.29. The van der Waals surface area contributed by atoms with Gasteiger partial charge in [-0.2, -0.15) is 0 Å². The summed E-state index contributed by atoms with van der Waals surface area (Å²) < 4.78 is 9.46. The number of hydrogen-bond acceptors (Lipinski definition) is 4. The van der Waals surface area contributed by atoms with Gasteiger partial charge in [-0.1, -0.05) is 6.92 Å². The molecule has 94 valence electrons. The zero-order chi connectivity index (χ0) is 12.4. The highest BCUT2D eigenvalue weighted by Crippen LogP contribution is 2.00. The minimum absolute atomic E-state index is 0.0588. The van der Waals surface area contributed by atoms with Gasteiger partial charge in [0, 0.05) is 26.6 Å². The molecule has 0 aromatic heterocycles. The Morgan fingerprint density at radius 3 is 2.31 bits per heavy atom. The molecule has 0 fully saturated rings. The van der Waals surface area contributed by atoms with Crippen LogP contribution in [0.4, 0.5) is 0 Å². The molecule has 0 aliphatic carbocycles. The molecule has 0 rings (SSSR count). The summed E-state index contributed by atoms with van der Waals surface area (Å²) in [7, 11) is 2.93. The summed E-state index contributed by atoms with van der Waals surface area (Å²) in [5, 5.41) is 0. The molecule has 0 atom stereocenters.